The lowest BCUT2D eigenvalue weighted by Gasteiger charge is -2.12. The van der Waals surface area contributed by atoms with E-state index >= 15 is 0 Å². The zero-order valence-electron chi connectivity index (χ0n) is 21.5. The van der Waals surface area contributed by atoms with Crippen molar-refractivity contribution in [2.45, 2.75) is 23.3 Å². The summed E-state index contributed by atoms with van der Waals surface area (Å²) < 4.78 is 36.6. The molecule has 0 saturated carbocycles. The number of benzene rings is 2. The molecule has 39 heavy (non-hydrogen) atoms. The second kappa shape index (κ2) is 11.9. The van der Waals surface area contributed by atoms with Gasteiger partial charge in [-0.2, -0.15) is 0 Å². The van der Waals surface area contributed by atoms with E-state index in [4.69, 9.17) is 11.6 Å². The number of anilines is 1. The van der Waals surface area contributed by atoms with Gasteiger partial charge in [0.05, 0.1) is 10.6 Å². The van der Waals surface area contributed by atoms with Crippen molar-refractivity contribution in [2.75, 3.05) is 11.9 Å². The predicted octanol–water partition coefficient (Wildman–Crippen LogP) is 3.61. The molecule has 202 valence electrons. The summed E-state index contributed by atoms with van der Waals surface area (Å²) in [4.78, 5) is 16.2. The zero-order valence-corrected chi connectivity index (χ0v) is 24.7. The Balaban J connectivity index is 0.000000270. The van der Waals surface area contributed by atoms with Crippen molar-refractivity contribution in [3.8, 4) is 0 Å². The number of aryl methyl sites for hydroxylation is 2. The molecule has 3 heterocycles. The van der Waals surface area contributed by atoms with Crippen molar-refractivity contribution in [1.29, 1.82) is 0 Å². The van der Waals surface area contributed by atoms with Gasteiger partial charge in [0.15, 0.2) is 6.20 Å². The molecule has 1 aliphatic heterocycles. The van der Waals surface area contributed by atoms with Gasteiger partial charge in [0.2, 0.25) is 5.69 Å². The highest BCUT2D eigenvalue weighted by Gasteiger charge is 2.25. The number of halogens is 1. The van der Waals surface area contributed by atoms with Crippen molar-refractivity contribution in [1.82, 2.24) is 4.57 Å². The molecule has 0 aliphatic carbocycles. The van der Waals surface area contributed by atoms with Crippen molar-refractivity contribution in [2.24, 2.45) is 7.05 Å². The van der Waals surface area contributed by atoms with E-state index in [0.717, 1.165) is 36.1 Å². The van der Waals surface area contributed by atoms with Crippen LogP contribution in [0.15, 0.2) is 94.1 Å². The van der Waals surface area contributed by atoms with Gasteiger partial charge >= 0.3 is 0 Å². The third-order valence-electron chi connectivity index (χ3n) is 5.89. The van der Waals surface area contributed by atoms with Crippen molar-refractivity contribution < 1.29 is 17.5 Å². The number of aromatic nitrogens is 2. The molecule has 0 spiro atoms. The number of nitrogens with zero attached hydrogens (tertiary/aromatic N) is 3. The molecule has 0 radical (unpaired) electrons. The fourth-order valence-electron chi connectivity index (χ4n) is 3.81. The van der Waals surface area contributed by atoms with Gasteiger partial charge in [0, 0.05) is 41.7 Å². The van der Waals surface area contributed by atoms with E-state index in [1.165, 1.54) is 23.5 Å². The molecule has 1 aliphatic rings. The Morgan fingerprint density at radius 2 is 1.85 bits per heavy atom. The Labute approximate surface area is 240 Å². The van der Waals surface area contributed by atoms with Crippen LogP contribution < -0.4 is 24.2 Å². The third kappa shape index (κ3) is 6.54. The van der Waals surface area contributed by atoms with Gasteiger partial charge in [-0.05, 0) is 43.3 Å². The summed E-state index contributed by atoms with van der Waals surface area (Å²) in [6.07, 6.45) is 5.79. The highest BCUT2D eigenvalue weighted by Crippen LogP contribution is 2.46. The van der Waals surface area contributed by atoms with Gasteiger partial charge in [-0.1, -0.05) is 47.1 Å². The molecular weight excluding hydrogens is 574 g/mol. The summed E-state index contributed by atoms with van der Waals surface area (Å²) in [7, 11) is -0.303. The molecule has 0 atom stereocenters. The lowest BCUT2D eigenvalue weighted by molar-refractivity contribution is -0.673. The van der Waals surface area contributed by atoms with Gasteiger partial charge in [-0.25, -0.2) is 13.0 Å². The molecule has 0 fully saturated rings. The molecule has 0 saturated heterocycles. The highest BCUT2D eigenvalue weighted by molar-refractivity contribution is 8.08. The standard InChI is InChI=1S/C21H19ClN3OS2.C7H8O3S/c1-4-10-25-18(13-15-7-5-6-11-23(15)2)28-19(20(25)26)21-24(3)16-12-14(22)8-9-17(16)27-21;1-6-2-4-7(5-3-6)11(8,9)10/h4-9,11-13H,1,10H2,2-3H3;2-5H,1H3,(H,8,9,10)/q+1;/p-1. The van der Waals surface area contributed by atoms with Crippen LogP contribution in [0.3, 0.4) is 0 Å². The van der Waals surface area contributed by atoms with Crippen molar-refractivity contribution in [3.05, 3.63) is 115 Å². The van der Waals surface area contributed by atoms with Crippen LogP contribution in [0.2, 0.25) is 5.02 Å². The van der Waals surface area contributed by atoms with Crippen molar-refractivity contribution in [3.63, 3.8) is 0 Å². The number of fused-ring (bicyclic) bond motifs is 1. The Morgan fingerprint density at radius 1 is 1.13 bits per heavy atom. The van der Waals surface area contributed by atoms with E-state index in [2.05, 4.69) is 6.58 Å². The second-order valence-corrected chi connectivity index (χ2v) is 12.6. The van der Waals surface area contributed by atoms with Crippen LogP contribution in [0.4, 0.5) is 5.69 Å². The SMILES string of the molecule is C=CCn1c(=Cc2cccc[n+]2C)sc(=C2Sc3ccc(Cl)cc3N2C)c1=O.Cc1ccc(S(=O)(=O)[O-])cc1. The van der Waals surface area contributed by atoms with Crippen LogP contribution in [0, 0.1) is 6.92 Å². The first-order valence-corrected chi connectivity index (χ1v) is 15.2. The van der Waals surface area contributed by atoms with E-state index in [1.54, 1.807) is 34.5 Å². The molecule has 0 unspecified atom stereocenters. The smallest absolute Gasteiger partial charge is 0.272 e. The number of rotatable bonds is 4. The number of hydrogen-bond donors (Lipinski definition) is 0. The minimum Gasteiger partial charge on any atom is -0.744 e. The number of allylic oxidation sites excluding steroid dienone is 1. The molecule has 2 aromatic carbocycles. The molecule has 0 amide bonds. The van der Waals surface area contributed by atoms with Crippen LogP contribution >= 0.6 is 34.7 Å². The Morgan fingerprint density at radius 3 is 2.49 bits per heavy atom. The summed E-state index contributed by atoms with van der Waals surface area (Å²) >= 11 is 9.28. The molecule has 2 aromatic heterocycles. The summed E-state index contributed by atoms with van der Waals surface area (Å²) in [5, 5.41) is 1.62. The van der Waals surface area contributed by atoms with Crippen LogP contribution in [0.5, 0.6) is 0 Å². The Hall–Kier alpha value is -3.15. The summed E-state index contributed by atoms with van der Waals surface area (Å²) in [5.74, 6) is 0. The summed E-state index contributed by atoms with van der Waals surface area (Å²) in [5.41, 5.74) is 2.98. The van der Waals surface area contributed by atoms with Gasteiger partial charge < -0.3 is 9.45 Å². The highest BCUT2D eigenvalue weighted by atomic mass is 35.5. The van der Waals surface area contributed by atoms with Crippen molar-refractivity contribution >= 4 is 61.6 Å². The first-order valence-electron chi connectivity index (χ1n) is 11.7. The maximum absolute atomic E-state index is 13.2. The van der Waals surface area contributed by atoms with Crippen LogP contribution in [0.25, 0.3) is 11.1 Å². The van der Waals surface area contributed by atoms with E-state index in [0.29, 0.717) is 11.6 Å². The molecule has 0 bridgehead atoms. The molecule has 0 N–H and O–H groups in total. The van der Waals surface area contributed by atoms with E-state index in [-0.39, 0.29) is 10.5 Å². The number of hydrogen-bond acceptors (Lipinski definition) is 7. The normalized spacial score (nSPS) is 14.6. The fourth-order valence-corrected chi connectivity index (χ4v) is 6.83. The maximum atomic E-state index is 13.2. The van der Waals surface area contributed by atoms with E-state index < -0.39 is 10.1 Å². The van der Waals surface area contributed by atoms with Gasteiger partial charge in [0.25, 0.3) is 5.56 Å². The zero-order chi connectivity index (χ0) is 28.3. The Bertz CT molecular complexity index is 1830. The predicted molar refractivity (Wildman–Crippen MR) is 157 cm³/mol. The lowest BCUT2D eigenvalue weighted by Crippen LogP contribution is -2.35. The maximum Gasteiger partial charge on any atom is 0.272 e. The largest absolute Gasteiger partial charge is 0.744 e. The minimum atomic E-state index is -4.27. The van der Waals surface area contributed by atoms with Gasteiger partial charge in [-0.3, -0.25) is 9.36 Å². The first-order chi connectivity index (χ1) is 18.5. The third-order valence-corrected chi connectivity index (χ3v) is 9.46. The fraction of sp³-hybridized carbons (Fsp3) is 0.143. The molecule has 11 heteroatoms. The second-order valence-electron chi connectivity index (χ2n) is 8.70. The number of thiazole rings is 1. The summed E-state index contributed by atoms with van der Waals surface area (Å²) in [6, 6.07) is 17.6. The quantitative estimate of drug-likeness (QED) is 0.202. The van der Waals surface area contributed by atoms with Crippen LogP contribution in [-0.2, 0) is 23.7 Å². The van der Waals surface area contributed by atoms with Gasteiger partial charge in [-0.15, -0.1) is 17.9 Å². The first kappa shape index (κ1) is 28.8. The van der Waals surface area contributed by atoms with Crippen LogP contribution in [0.1, 0.15) is 11.3 Å². The summed E-state index contributed by atoms with van der Waals surface area (Å²) in [6.45, 7) is 6.11. The topological polar surface area (TPSA) is 86.3 Å². The minimum absolute atomic E-state index is 0.00277. The molecule has 7 nitrogen and oxygen atoms in total. The van der Waals surface area contributed by atoms with Gasteiger partial charge in [0.1, 0.15) is 31.4 Å². The van der Waals surface area contributed by atoms with Crippen LogP contribution in [-0.4, -0.2) is 24.6 Å². The van der Waals surface area contributed by atoms with E-state index in [1.807, 2.05) is 79.2 Å². The average Bonchev–Trinajstić information content (AvgIpc) is 3.37. The molecule has 4 aromatic rings. The van der Waals surface area contributed by atoms with E-state index in [9.17, 15) is 17.8 Å². The number of pyridine rings is 1. The lowest BCUT2D eigenvalue weighted by atomic mass is 10.2. The molecular formula is C28H26ClN3O4S3. The number of thioether (sulfide) groups is 1. The average molecular weight is 600 g/mol. The Kier molecular flexibility index (Phi) is 8.83. The molecule has 5 rings (SSSR count). The monoisotopic (exact) mass is 599 g/mol.